The first-order chi connectivity index (χ1) is 36.0. The topological polar surface area (TPSA) is 171 Å². The molecule has 2 saturated heterocycles. The van der Waals surface area contributed by atoms with E-state index in [1.807, 2.05) is 50.2 Å². The SMILES string of the molecule is COC(=O)c1ccc(CCCN2C(=O)C(F)(F)C[C@@H]2/C=C/C(=O)[C@H](C)CCCc2ccccc2)s1.COC(=O)c1ccc(CCCN2C(=O)C(F)(F)C[C@@H]2C=O)s1.COP(C)(=O)CC(=O)[C@H](C)CCCc1ccccc1. The van der Waals surface area contributed by atoms with E-state index in [9.17, 15) is 55.7 Å². The number of aryl methyl sites for hydroxylation is 4. The Morgan fingerprint density at radius 2 is 1.09 bits per heavy atom. The zero-order valence-electron chi connectivity index (χ0n) is 43.9. The third-order valence-corrected chi connectivity index (χ3v) is 16.9. The first-order valence-corrected chi connectivity index (χ1v) is 29.1. The molecule has 13 nitrogen and oxygen atoms in total. The van der Waals surface area contributed by atoms with Gasteiger partial charge in [0.2, 0.25) is 7.37 Å². The van der Waals surface area contributed by atoms with Crippen molar-refractivity contribution in [3.05, 3.63) is 128 Å². The predicted octanol–water partition coefficient (Wildman–Crippen LogP) is 11.2. The van der Waals surface area contributed by atoms with Gasteiger partial charge in [-0.2, -0.15) is 17.6 Å². The molecule has 2 fully saturated rings. The van der Waals surface area contributed by atoms with Crippen LogP contribution in [0.5, 0.6) is 0 Å². The van der Waals surface area contributed by atoms with E-state index < -0.39 is 67.9 Å². The van der Waals surface area contributed by atoms with Crippen LogP contribution in [0, 0.1) is 11.8 Å². The minimum Gasteiger partial charge on any atom is -0.465 e. The Morgan fingerprint density at radius 3 is 1.53 bits per heavy atom. The molecule has 2 aromatic carbocycles. The molecule has 76 heavy (non-hydrogen) atoms. The Bertz CT molecular complexity index is 2630. The molecule has 414 valence electrons. The summed E-state index contributed by atoms with van der Waals surface area (Å²) in [6.07, 6.45) is 9.09. The second-order valence-corrected chi connectivity index (χ2v) is 24.0. The summed E-state index contributed by atoms with van der Waals surface area (Å²) in [7, 11) is 1.28. The molecule has 1 unspecified atom stereocenters. The maximum Gasteiger partial charge on any atom is 0.348 e. The molecule has 5 atom stereocenters. The quantitative estimate of drug-likeness (QED) is 0.0193. The summed E-state index contributed by atoms with van der Waals surface area (Å²) >= 11 is 2.55. The number of likely N-dealkylation sites (tertiary alicyclic amines) is 2. The molecular formula is C56H69F4N2O11PS2. The smallest absolute Gasteiger partial charge is 0.348 e. The number of ketones is 2. The average molecular weight is 1120 g/mol. The summed E-state index contributed by atoms with van der Waals surface area (Å²) in [5.74, 6) is -10.5. The zero-order valence-corrected chi connectivity index (χ0v) is 46.4. The number of esters is 2. The molecule has 0 spiro atoms. The molecule has 0 bridgehead atoms. The summed E-state index contributed by atoms with van der Waals surface area (Å²) in [5, 5.41) is 0. The van der Waals surface area contributed by atoms with Crippen LogP contribution in [0.25, 0.3) is 0 Å². The van der Waals surface area contributed by atoms with Gasteiger partial charge in [0.05, 0.1) is 32.5 Å². The Hall–Kier alpha value is -5.62. The Kier molecular flexibility index (Phi) is 25.1. The fourth-order valence-electron chi connectivity index (χ4n) is 8.45. The fraction of sp³-hybridized carbons (Fsp3) is 0.482. The third-order valence-electron chi connectivity index (χ3n) is 13.0. The molecule has 2 aliphatic rings. The highest BCUT2D eigenvalue weighted by Crippen LogP contribution is 2.42. The van der Waals surface area contributed by atoms with Crippen LogP contribution >= 0.6 is 30.0 Å². The molecule has 0 radical (unpaired) electrons. The van der Waals surface area contributed by atoms with Gasteiger partial charge in [-0.05, 0) is 106 Å². The van der Waals surface area contributed by atoms with Crippen molar-refractivity contribution < 1.29 is 69.7 Å². The van der Waals surface area contributed by atoms with Crippen LogP contribution in [0.1, 0.15) is 105 Å². The van der Waals surface area contributed by atoms with Crippen molar-refractivity contribution in [3.63, 3.8) is 0 Å². The van der Waals surface area contributed by atoms with Crippen LogP contribution in [-0.4, -0.2) is 123 Å². The van der Waals surface area contributed by atoms with E-state index in [4.69, 9.17) is 9.26 Å². The maximum absolute atomic E-state index is 14.2. The molecule has 2 aliphatic heterocycles. The number of aldehydes is 1. The summed E-state index contributed by atoms with van der Waals surface area (Å²) in [5.41, 5.74) is 2.51. The number of thiophene rings is 2. The van der Waals surface area contributed by atoms with Crippen LogP contribution in [-0.2, 0) is 68.2 Å². The lowest BCUT2D eigenvalue weighted by Gasteiger charge is -2.21. The maximum atomic E-state index is 14.2. The van der Waals surface area contributed by atoms with E-state index in [2.05, 4.69) is 29.0 Å². The second kappa shape index (κ2) is 30.4. The van der Waals surface area contributed by atoms with E-state index in [0.29, 0.717) is 48.1 Å². The van der Waals surface area contributed by atoms with Gasteiger partial charge in [-0.3, -0.25) is 23.7 Å². The lowest BCUT2D eigenvalue weighted by atomic mass is 9.96. The highest BCUT2D eigenvalue weighted by molar-refractivity contribution is 7.59. The Morgan fingerprint density at radius 1 is 0.658 bits per heavy atom. The highest BCUT2D eigenvalue weighted by Gasteiger charge is 2.53. The minimum atomic E-state index is -3.45. The number of halogens is 4. The minimum absolute atomic E-state index is 0.0424. The number of hydrogen-bond donors (Lipinski definition) is 0. The zero-order chi connectivity index (χ0) is 56.1. The van der Waals surface area contributed by atoms with Gasteiger partial charge in [0.15, 0.2) is 5.78 Å². The Labute approximate surface area is 450 Å². The van der Waals surface area contributed by atoms with E-state index in [1.165, 1.54) is 78.8 Å². The lowest BCUT2D eigenvalue weighted by Crippen LogP contribution is -2.37. The fourth-order valence-corrected chi connectivity index (χ4v) is 11.4. The van der Waals surface area contributed by atoms with Crippen molar-refractivity contribution >= 4 is 71.6 Å². The number of rotatable bonds is 26. The number of methoxy groups -OCH3 is 2. The van der Waals surface area contributed by atoms with Crippen molar-refractivity contribution in [2.75, 3.05) is 47.2 Å². The number of carbonyl (C=O) groups excluding carboxylic acids is 7. The molecule has 4 aromatic rings. The number of allylic oxidation sites excluding steroid dienone is 1. The van der Waals surface area contributed by atoms with Gasteiger partial charge in [-0.1, -0.05) is 80.6 Å². The molecule has 0 N–H and O–H groups in total. The van der Waals surface area contributed by atoms with Gasteiger partial charge in [-0.25, -0.2) is 9.59 Å². The van der Waals surface area contributed by atoms with E-state index in [-0.39, 0.29) is 42.7 Å². The van der Waals surface area contributed by atoms with Crippen LogP contribution in [0.15, 0.2) is 97.1 Å². The molecule has 2 amide bonds. The van der Waals surface area contributed by atoms with Gasteiger partial charge in [0, 0.05) is 61.3 Å². The number of hydrogen-bond acceptors (Lipinski definition) is 13. The normalized spacial score (nSPS) is 18.2. The number of alkyl halides is 4. The molecule has 4 heterocycles. The lowest BCUT2D eigenvalue weighted by molar-refractivity contribution is -0.148. The van der Waals surface area contributed by atoms with Crippen LogP contribution in [0.3, 0.4) is 0 Å². The number of carbonyl (C=O) groups is 7. The van der Waals surface area contributed by atoms with E-state index in [0.717, 1.165) is 46.8 Å². The first kappa shape index (κ1) is 62.9. The summed E-state index contributed by atoms with van der Waals surface area (Å²) in [4.78, 5) is 86.8. The number of amides is 2. The standard InChI is InChI=1S/C27H31F2NO4S.C15H23O3P.C14H15F2NO4S/c1-19(8-6-11-20-9-4-3-5-10-20)23(31)15-13-21-18-27(28,29)26(33)30(21)17-7-12-22-14-16-24(35-22)25(32)34-2;1-13(15(16)12-19(3,17)18-2)8-7-11-14-9-5-4-6-10-14;1-21-12(19)11-5-4-10(22-11)3-2-6-17-9(8-18)7-14(15,16)13(17)20/h3-5,9-10,13-16,19,21H,6-8,11-12,17-18H2,1-2H3;4-6,9-10,13H,7-8,11-12H2,1-3H3;4-5,8-9H,2-3,6-7H2,1H3/b15-13+;;/t19-,21+;13-,19?;9-/m111/s1. The Balaban J connectivity index is 0.000000263. The molecule has 0 aliphatic carbocycles. The molecule has 2 aromatic heterocycles. The van der Waals surface area contributed by atoms with Crippen LogP contribution in [0.2, 0.25) is 0 Å². The average Bonchev–Trinajstić information content (AvgIpc) is 4.18. The largest absolute Gasteiger partial charge is 0.465 e. The molecule has 20 heteroatoms. The third kappa shape index (κ3) is 19.7. The molecular weight excluding hydrogens is 1050 g/mol. The highest BCUT2D eigenvalue weighted by atomic mass is 32.1. The van der Waals surface area contributed by atoms with Crippen molar-refractivity contribution in [2.24, 2.45) is 11.8 Å². The summed E-state index contributed by atoms with van der Waals surface area (Å²) in [6, 6.07) is 25.3. The monoisotopic (exact) mass is 1120 g/mol. The van der Waals surface area contributed by atoms with Gasteiger partial charge >= 0.3 is 23.8 Å². The van der Waals surface area contributed by atoms with Gasteiger partial charge in [0.1, 0.15) is 21.8 Å². The van der Waals surface area contributed by atoms with Crippen molar-refractivity contribution in [2.45, 2.75) is 115 Å². The van der Waals surface area contributed by atoms with Gasteiger partial charge < -0.3 is 28.6 Å². The summed E-state index contributed by atoms with van der Waals surface area (Å²) in [6.45, 7) is 5.50. The molecule has 6 rings (SSSR count). The summed E-state index contributed by atoms with van der Waals surface area (Å²) < 4.78 is 80.9. The van der Waals surface area contributed by atoms with Crippen molar-refractivity contribution in [1.82, 2.24) is 9.80 Å². The first-order valence-electron chi connectivity index (χ1n) is 25.2. The van der Waals surface area contributed by atoms with E-state index in [1.54, 1.807) is 24.3 Å². The number of Topliss-reactive ketones (excluding diaryl/α,β-unsaturated/α-hetero) is 1. The predicted molar refractivity (Wildman–Crippen MR) is 286 cm³/mol. The van der Waals surface area contributed by atoms with Gasteiger partial charge in [-0.15, -0.1) is 22.7 Å². The van der Waals surface area contributed by atoms with E-state index >= 15 is 0 Å². The van der Waals surface area contributed by atoms with Crippen molar-refractivity contribution in [1.29, 1.82) is 0 Å². The van der Waals surface area contributed by atoms with Gasteiger partial charge in [0.25, 0.3) is 11.8 Å². The number of ether oxygens (including phenoxy) is 2. The molecule has 0 saturated carbocycles. The second-order valence-electron chi connectivity index (χ2n) is 18.9. The van der Waals surface area contributed by atoms with Crippen LogP contribution < -0.4 is 0 Å². The van der Waals surface area contributed by atoms with Crippen LogP contribution in [0.4, 0.5) is 17.6 Å². The number of nitrogens with zero attached hydrogens (tertiary/aromatic N) is 2. The number of benzene rings is 2. The van der Waals surface area contributed by atoms with Crippen molar-refractivity contribution in [3.8, 4) is 0 Å².